The van der Waals surface area contributed by atoms with E-state index in [-0.39, 0.29) is 23.7 Å². The molecular weight excluding hydrogens is 717 g/mol. The van der Waals surface area contributed by atoms with Crippen LogP contribution in [0.4, 0.5) is 11.4 Å². The van der Waals surface area contributed by atoms with Crippen LogP contribution in [0.5, 0.6) is 0 Å². The predicted molar refractivity (Wildman–Crippen MR) is 193 cm³/mol. The SMILES string of the molecule is CC(C)[C@@]12SSC3(C(=O)N1C)C(O)C1([C@@]45c6ccccc6N[C@@H]4N4C(=O)[C@@]6(C(C)C)SSC4(C(=O)N6C)C5O)c4ccccc4N[C@H]1N3C2=O. The molecule has 262 valence electrons. The molecule has 10 aliphatic heterocycles. The first-order chi connectivity index (χ1) is 23.7. The third kappa shape index (κ3) is 2.67. The van der Waals surface area contributed by atoms with Gasteiger partial charge in [-0.25, -0.2) is 0 Å². The number of hydrogen-bond donors (Lipinski definition) is 4. The lowest BCUT2D eigenvalue weighted by atomic mass is 9.52. The first kappa shape index (κ1) is 31.9. The fourth-order valence-electron chi connectivity index (χ4n) is 11.0. The summed E-state index contributed by atoms with van der Waals surface area (Å²) in [5, 5.41) is 34.2. The van der Waals surface area contributed by atoms with Crippen molar-refractivity contribution in [3.05, 3.63) is 59.7 Å². The van der Waals surface area contributed by atoms with Gasteiger partial charge in [-0.05, 0) is 56.7 Å². The molecule has 0 aliphatic carbocycles. The molecule has 8 saturated heterocycles. The van der Waals surface area contributed by atoms with Crippen LogP contribution in [0.2, 0.25) is 0 Å². The maximum Gasteiger partial charge on any atom is 0.264 e. The van der Waals surface area contributed by atoms with E-state index in [1.54, 1.807) is 23.9 Å². The number of nitrogens with zero attached hydrogens (tertiary/aromatic N) is 4. The molecule has 12 rings (SSSR count). The molecule has 4 bridgehead atoms. The van der Waals surface area contributed by atoms with Gasteiger partial charge in [-0.3, -0.25) is 29.0 Å². The van der Waals surface area contributed by atoms with Crippen molar-refractivity contribution < 1.29 is 29.4 Å². The first-order valence-electron chi connectivity index (χ1n) is 16.8. The molecular formula is C34H36N6O6S4. The van der Waals surface area contributed by atoms with E-state index in [9.17, 15) is 19.8 Å². The van der Waals surface area contributed by atoms with Crippen LogP contribution in [0.3, 0.4) is 0 Å². The molecule has 10 aliphatic rings. The minimum atomic E-state index is -1.78. The van der Waals surface area contributed by atoms with Gasteiger partial charge in [0.25, 0.3) is 23.6 Å². The van der Waals surface area contributed by atoms with Gasteiger partial charge in [-0.2, -0.15) is 0 Å². The summed E-state index contributed by atoms with van der Waals surface area (Å²) in [6.45, 7) is 7.66. The monoisotopic (exact) mass is 752 g/mol. The van der Waals surface area contributed by atoms with Crippen LogP contribution in [-0.4, -0.2) is 112 Å². The lowest BCUT2D eigenvalue weighted by molar-refractivity contribution is -0.169. The molecule has 50 heavy (non-hydrogen) atoms. The average molecular weight is 753 g/mol. The van der Waals surface area contributed by atoms with Crippen molar-refractivity contribution in [2.24, 2.45) is 11.8 Å². The summed E-state index contributed by atoms with van der Waals surface area (Å²) >= 11 is 0. The lowest BCUT2D eigenvalue weighted by Crippen LogP contribution is -2.79. The first-order valence-corrected chi connectivity index (χ1v) is 21.1. The number of hydrogen-bond acceptors (Lipinski definition) is 12. The van der Waals surface area contributed by atoms with Gasteiger partial charge >= 0.3 is 0 Å². The molecule has 2 aromatic rings. The zero-order chi connectivity index (χ0) is 35.3. The van der Waals surface area contributed by atoms with Crippen molar-refractivity contribution in [1.29, 1.82) is 0 Å². The van der Waals surface area contributed by atoms with Gasteiger partial charge in [0, 0.05) is 25.5 Å². The molecule has 4 amide bonds. The molecule has 2 spiro atoms. The van der Waals surface area contributed by atoms with Gasteiger partial charge < -0.3 is 30.6 Å². The minimum Gasteiger partial charge on any atom is -0.388 e. The van der Waals surface area contributed by atoms with Crippen LogP contribution < -0.4 is 10.6 Å². The van der Waals surface area contributed by atoms with E-state index in [0.29, 0.717) is 22.5 Å². The summed E-state index contributed by atoms with van der Waals surface area (Å²) in [5.74, 6) is -1.97. The molecule has 0 radical (unpaired) electrons. The maximum atomic E-state index is 15.2. The fraction of sp³-hybridized carbons (Fsp3) is 0.529. The normalized spacial score (nSPS) is 44.4. The highest BCUT2D eigenvalue weighted by molar-refractivity contribution is 8.78. The highest BCUT2D eigenvalue weighted by atomic mass is 33.1. The van der Waals surface area contributed by atoms with E-state index in [1.807, 2.05) is 76.2 Å². The third-order valence-electron chi connectivity index (χ3n) is 13.1. The van der Waals surface area contributed by atoms with Crippen molar-refractivity contribution >= 4 is 78.2 Å². The minimum absolute atomic E-state index is 0.276. The number of benzene rings is 2. The number of amides is 4. The Labute approximate surface area is 304 Å². The van der Waals surface area contributed by atoms with Crippen LogP contribution in [0, 0.1) is 11.8 Å². The number of rotatable bonds is 3. The van der Waals surface area contributed by atoms with E-state index >= 15 is 9.59 Å². The van der Waals surface area contributed by atoms with Gasteiger partial charge in [-0.1, -0.05) is 85.7 Å². The zero-order valence-electron chi connectivity index (χ0n) is 28.0. The highest BCUT2D eigenvalue weighted by Gasteiger charge is 2.93. The summed E-state index contributed by atoms with van der Waals surface area (Å²) < 4.78 is 0. The Balaban J connectivity index is 1.33. The lowest BCUT2D eigenvalue weighted by Gasteiger charge is -2.60. The number of carbonyl (C=O) groups excluding carboxylic acids is 4. The van der Waals surface area contributed by atoms with E-state index in [2.05, 4.69) is 10.6 Å². The van der Waals surface area contributed by atoms with E-state index in [4.69, 9.17) is 0 Å². The third-order valence-corrected chi connectivity index (χ3v) is 20.9. The molecule has 8 fully saturated rings. The van der Waals surface area contributed by atoms with Crippen LogP contribution in [0.25, 0.3) is 0 Å². The summed E-state index contributed by atoms with van der Waals surface area (Å²) in [7, 11) is 8.25. The number of anilines is 2. The maximum absolute atomic E-state index is 15.2. The summed E-state index contributed by atoms with van der Waals surface area (Å²) in [6.07, 6.45) is -5.27. The van der Waals surface area contributed by atoms with Gasteiger partial charge in [0.1, 0.15) is 24.5 Å². The summed E-state index contributed by atoms with van der Waals surface area (Å²) in [4.78, 5) is 60.2. The predicted octanol–water partition coefficient (Wildman–Crippen LogP) is 2.60. The fourth-order valence-corrected chi connectivity index (χ4v) is 19.4. The molecule has 2 aromatic carbocycles. The molecule has 0 aromatic heterocycles. The second-order valence-electron chi connectivity index (χ2n) is 15.2. The molecule has 4 N–H and O–H groups in total. The topological polar surface area (TPSA) is 146 Å². The van der Waals surface area contributed by atoms with Crippen molar-refractivity contribution in [3.8, 4) is 0 Å². The molecule has 12 nitrogen and oxygen atoms in total. The molecule has 10 atom stereocenters. The Hall–Kier alpha value is -2.76. The van der Waals surface area contributed by atoms with Crippen molar-refractivity contribution in [3.63, 3.8) is 0 Å². The molecule has 0 saturated carbocycles. The Kier molecular flexibility index (Phi) is 5.90. The summed E-state index contributed by atoms with van der Waals surface area (Å²) in [5.41, 5.74) is -0.799. The Morgan fingerprint density at radius 3 is 1.32 bits per heavy atom. The number of carbonyl (C=O) groups is 4. The zero-order valence-corrected chi connectivity index (χ0v) is 31.3. The second-order valence-corrected chi connectivity index (χ2v) is 20.4. The number of piperazine rings is 2. The van der Waals surface area contributed by atoms with Crippen LogP contribution in [-0.2, 0) is 30.0 Å². The van der Waals surface area contributed by atoms with Crippen LogP contribution >= 0.6 is 43.2 Å². The average Bonchev–Trinajstić information content (AvgIpc) is 3.74. The van der Waals surface area contributed by atoms with Crippen LogP contribution in [0.15, 0.2) is 48.5 Å². The Morgan fingerprint density at radius 2 is 0.960 bits per heavy atom. The molecule has 16 heteroatoms. The van der Waals surface area contributed by atoms with E-state index in [0.717, 1.165) is 0 Å². The standard InChI is InChI=1S/C34H36N6O6S4/c1-15(2)31-27(45)39-23-29(17-11-7-9-13-19(17)35-23,21(41)33(39,49-47-31)25(43)37(31)5)30-18-12-8-10-14-20(18)36-24(30)40-28(46)32(16(3)4)38(6)26(44)34(40,22(30)42)50-48-32/h7-16,21-24,35-36,41-42H,1-6H3/t21?,22?,23-,24+,29-,30?,31-,32+,33?,34?/m1/s1. The number of para-hydroxylation sites is 2. The Morgan fingerprint density at radius 1 is 0.600 bits per heavy atom. The van der Waals surface area contributed by atoms with E-state index < -0.39 is 66.7 Å². The van der Waals surface area contributed by atoms with Gasteiger partial charge in [0.05, 0.1) is 10.8 Å². The number of aliphatic hydroxyl groups excluding tert-OH is 2. The second kappa shape index (κ2) is 9.23. The number of aliphatic hydroxyl groups is 2. The smallest absolute Gasteiger partial charge is 0.264 e. The summed E-state index contributed by atoms with van der Waals surface area (Å²) in [6, 6.07) is 14.9. The van der Waals surface area contributed by atoms with Gasteiger partial charge in [-0.15, -0.1) is 0 Å². The van der Waals surface area contributed by atoms with Gasteiger partial charge in [0.15, 0.2) is 9.74 Å². The number of fused-ring (bicyclic) bond motifs is 11. The van der Waals surface area contributed by atoms with E-state index in [1.165, 1.54) is 53.0 Å². The number of nitrogens with one attached hydrogen (secondary N) is 2. The molecule has 5 unspecified atom stereocenters. The van der Waals surface area contributed by atoms with Crippen molar-refractivity contribution in [1.82, 2.24) is 19.6 Å². The quantitative estimate of drug-likeness (QED) is 0.342. The van der Waals surface area contributed by atoms with Crippen molar-refractivity contribution in [2.45, 2.75) is 82.5 Å². The highest BCUT2D eigenvalue weighted by Crippen LogP contribution is 2.79. The van der Waals surface area contributed by atoms with Gasteiger partial charge in [0.2, 0.25) is 9.74 Å². The molecule has 10 heterocycles. The van der Waals surface area contributed by atoms with Crippen LogP contribution in [0.1, 0.15) is 38.8 Å². The Bertz CT molecular complexity index is 1870. The number of likely N-dealkylation sites (N-methyl/N-ethyl adjacent to an activating group) is 2. The van der Waals surface area contributed by atoms with Crippen molar-refractivity contribution in [2.75, 3.05) is 24.7 Å². The largest absolute Gasteiger partial charge is 0.388 e.